The summed E-state index contributed by atoms with van der Waals surface area (Å²) in [6.45, 7) is 6.48. The number of rotatable bonds is 6. The number of aromatic amines is 2. The van der Waals surface area contributed by atoms with Crippen molar-refractivity contribution in [3.63, 3.8) is 0 Å². The lowest BCUT2D eigenvalue weighted by molar-refractivity contribution is 0.215. The Morgan fingerprint density at radius 1 is 1.20 bits per heavy atom. The van der Waals surface area contributed by atoms with Crippen LogP contribution in [-0.4, -0.2) is 27.7 Å². The van der Waals surface area contributed by atoms with Crippen molar-refractivity contribution in [3.8, 4) is 0 Å². The van der Waals surface area contributed by atoms with Crippen LogP contribution in [0.4, 0.5) is 0 Å². The molecule has 5 heteroatoms. The molecule has 0 aliphatic carbocycles. The van der Waals surface area contributed by atoms with Crippen molar-refractivity contribution in [2.75, 3.05) is 6.61 Å². The van der Waals surface area contributed by atoms with Gasteiger partial charge in [0.15, 0.2) is 0 Å². The number of benzene rings is 1. The maximum absolute atomic E-state index is 11.3. The maximum atomic E-state index is 11.3. The quantitative estimate of drug-likeness (QED) is 0.651. The lowest BCUT2D eigenvalue weighted by Gasteiger charge is -2.23. The molecular formula is C15H23N3O2. The summed E-state index contributed by atoms with van der Waals surface area (Å²) in [5.74, 6) is 0.537. The molecular weight excluding hydrogens is 254 g/mol. The third-order valence-corrected chi connectivity index (χ3v) is 3.50. The van der Waals surface area contributed by atoms with E-state index in [1.165, 1.54) is 0 Å². The number of aliphatic hydroxyl groups is 1. The Morgan fingerprint density at radius 2 is 1.90 bits per heavy atom. The maximum Gasteiger partial charge on any atom is 0.323 e. The number of aliphatic hydroxyl groups excluding tert-OH is 1. The molecule has 2 aromatic rings. The molecule has 1 heterocycles. The summed E-state index contributed by atoms with van der Waals surface area (Å²) < 4.78 is 0. The summed E-state index contributed by atoms with van der Waals surface area (Å²) in [5, 5.41) is 12.9. The van der Waals surface area contributed by atoms with Gasteiger partial charge in [0, 0.05) is 12.1 Å². The second-order valence-electron chi connectivity index (χ2n) is 5.78. The van der Waals surface area contributed by atoms with E-state index in [2.05, 4.69) is 36.1 Å². The standard InChI is InChI=1S/C15H23N3O2/c1-9(2)6-12(8-19)16-10(3)11-4-5-13-14(7-11)18-15(20)17-13/h4-5,7,9-10,12,16,19H,6,8H2,1-3H3,(H2,17,18,20). The highest BCUT2D eigenvalue weighted by molar-refractivity contribution is 5.75. The largest absolute Gasteiger partial charge is 0.395 e. The van der Waals surface area contributed by atoms with E-state index >= 15 is 0 Å². The highest BCUT2D eigenvalue weighted by Crippen LogP contribution is 2.18. The number of H-pyrrole nitrogens is 2. The monoisotopic (exact) mass is 277 g/mol. The predicted molar refractivity (Wildman–Crippen MR) is 80.8 cm³/mol. The third kappa shape index (κ3) is 3.49. The van der Waals surface area contributed by atoms with Gasteiger partial charge in [0.25, 0.3) is 0 Å². The molecule has 0 spiro atoms. The molecule has 4 N–H and O–H groups in total. The lowest BCUT2D eigenvalue weighted by Crippen LogP contribution is -2.35. The van der Waals surface area contributed by atoms with Crippen LogP contribution in [0.3, 0.4) is 0 Å². The fraction of sp³-hybridized carbons (Fsp3) is 0.533. The average Bonchev–Trinajstić information content (AvgIpc) is 2.76. The van der Waals surface area contributed by atoms with Crippen LogP contribution < -0.4 is 11.0 Å². The Hall–Kier alpha value is -1.59. The van der Waals surface area contributed by atoms with Gasteiger partial charge in [-0.3, -0.25) is 0 Å². The van der Waals surface area contributed by atoms with Crippen molar-refractivity contribution in [2.24, 2.45) is 5.92 Å². The van der Waals surface area contributed by atoms with Crippen molar-refractivity contribution in [2.45, 2.75) is 39.3 Å². The van der Waals surface area contributed by atoms with E-state index in [0.717, 1.165) is 23.0 Å². The number of aromatic nitrogens is 2. The second kappa shape index (κ2) is 6.24. The van der Waals surface area contributed by atoms with Crippen LogP contribution in [0.15, 0.2) is 23.0 Å². The van der Waals surface area contributed by atoms with Gasteiger partial charge in [-0.25, -0.2) is 4.79 Å². The predicted octanol–water partition coefficient (Wildman–Crippen LogP) is 1.91. The van der Waals surface area contributed by atoms with Gasteiger partial charge >= 0.3 is 5.69 Å². The molecule has 0 bridgehead atoms. The average molecular weight is 277 g/mol. The molecule has 1 aromatic carbocycles. The minimum atomic E-state index is -0.189. The van der Waals surface area contributed by atoms with Gasteiger partial charge in [-0.15, -0.1) is 0 Å². The van der Waals surface area contributed by atoms with Crippen molar-refractivity contribution in [3.05, 3.63) is 34.2 Å². The van der Waals surface area contributed by atoms with Crippen LogP contribution in [0.25, 0.3) is 11.0 Å². The first-order valence-electron chi connectivity index (χ1n) is 7.08. The summed E-state index contributed by atoms with van der Waals surface area (Å²) in [5.41, 5.74) is 2.53. The summed E-state index contributed by atoms with van der Waals surface area (Å²) in [7, 11) is 0. The van der Waals surface area contributed by atoms with E-state index in [4.69, 9.17) is 0 Å². The van der Waals surface area contributed by atoms with Gasteiger partial charge in [0.1, 0.15) is 0 Å². The van der Waals surface area contributed by atoms with Crippen molar-refractivity contribution >= 4 is 11.0 Å². The molecule has 0 saturated heterocycles. The number of nitrogens with one attached hydrogen (secondary N) is 3. The molecule has 0 aliphatic rings. The molecule has 0 aliphatic heterocycles. The first-order chi connectivity index (χ1) is 9.49. The molecule has 20 heavy (non-hydrogen) atoms. The Morgan fingerprint density at radius 3 is 2.55 bits per heavy atom. The fourth-order valence-corrected chi connectivity index (χ4v) is 2.53. The van der Waals surface area contributed by atoms with E-state index in [-0.39, 0.29) is 24.4 Å². The molecule has 0 saturated carbocycles. The molecule has 0 amide bonds. The number of imidazole rings is 1. The number of hydrogen-bond acceptors (Lipinski definition) is 3. The molecule has 0 fully saturated rings. The van der Waals surface area contributed by atoms with Gasteiger partial charge in [-0.1, -0.05) is 19.9 Å². The number of fused-ring (bicyclic) bond motifs is 1. The van der Waals surface area contributed by atoms with E-state index in [1.807, 2.05) is 18.2 Å². The highest BCUT2D eigenvalue weighted by atomic mass is 16.3. The van der Waals surface area contributed by atoms with Gasteiger partial charge in [-0.05, 0) is 37.0 Å². The van der Waals surface area contributed by atoms with Crippen molar-refractivity contribution in [1.82, 2.24) is 15.3 Å². The molecule has 110 valence electrons. The van der Waals surface area contributed by atoms with Gasteiger partial charge in [-0.2, -0.15) is 0 Å². The third-order valence-electron chi connectivity index (χ3n) is 3.50. The van der Waals surface area contributed by atoms with Crippen molar-refractivity contribution in [1.29, 1.82) is 0 Å². The molecule has 2 atom stereocenters. The second-order valence-corrected chi connectivity index (χ2v) is 5.78. The summed E-state index contributed by atoms with van der Waals surface area (Å²) >= 11 is 0. The smallest absolute Gasteiger partial charge is 0.323 e. The molecule has 2 unspecified atom stereocenters. The first-order valence-corrected chi connectivity index (χ1v) is 7.08. The van der Waals surface area contributed by atoms with Crippen LogP contribution in [0.2, 0.25) is 0 Å². The first kappa shape index (κ1) is 14.8. The molecule has 2 rings (SSSR count). The van der Waals surface area contributed by atoms with Crippen LogP contribution in [0, 0.1) is 5.92 Å². The molecule has 0 radical (unpaired) electrons. The van der Waals surface area contributed by atoms with Crippen LogP contribution in [0.5, 0.6) is 0 Å². The fourth-order valence-electron chi connectivity index (χ4n) is 2.53. The normalized spacial score (nSPS) is 14.8. The lowest BCUT2D eigenvalue weighted by atomic mass is 10.0. The SMILES string of the molecule is CC(C)CC(CO)NC(C)c1ccc2[nH]c(=O)[nH]c2c1. The topological polar surface area (TPSA) is 80.9 Å². The minimum Gasteiger partial charge on any atom is -0.395 e. The molecule has 5 nitrogen and oxygen atoms in total. The Balaban J connectivity index is 2.13. The van der Waals surface area contributed by atoms with Crippen LogP contribution in [0.1, 0.15) is 38.8 Å². The zero-order valence-electron chi connectivity index (χ0n) is 12.2. The Kier molecular flexibility index (Phi) is 4.62. The summed E-state index contributed by atoms with van der Waals surface area (Å²) in [6, 6.07) is 6.07. The van der Waals surface area contributed by atoms with Gasteiger partial charge in [0.05, 0.1) is 17.6 Å². The Labute approximate surface area is 118 Å². The van der Waals surface area contributed by atoms with E-state index < -0.39 is 0 Å². The highest BCUT2D eigenvalue weighted by Gasteiger charge is 2.14. The Bertz CT molecular complexity index is 615. The zero-order valence-corrected chi connectivity index (χ0v) is 12.2. The van der Waals surface area contributed by atoms with E-state index in [1.54, 1.807) is 0 Å². The van der Waals surface area contributed by atoms with Crippen LogP contribution >= 0.6 is 0 Å². The van der Waals surface area contributed by atoms with Gasteiger partial charge < -0.3 is 20.4 Å². The van der Waals surface area contributed by atoms with Crippen molar-refractivity contribution < 1.29 is 5.11 Å². The van der Waals surface area contributed by atoms with Gasteiger partial charge in [0.2, 0.25) is 0 Å². The van der Waals surface area contributed by atoms with E-state index in [9.17, 15) is 9.90 Å². The van der Waals surface area contributed by atoms with Crippen LogP contribution in [-0.2, 0) is 0 Å². The summed E-state index contributed by atoms with van der Waals surface area (Å²) in [4.78, 5) is 16.8. The minimum absolute atomic E-state index is 0.0889. The molecule has 1 aromatic heterocycles. The zero-order chi connectivity index (χ0) is 14.7. The summed E-state index contributed by atoms with van der Waals surface area (Å²) in [6.07, 6.45) is 0.935. The number of hydrogen-bond donors (Lipinski definition) is 4. The van der Waals surface area contributed by atoms with E-state index in [0.29, 0.717) is 5.92 Å².